The van der Waals surface area contributed by atoms with Crippen LogP contribution in [0.5, 0.6) is 0 Å². The van der Waals surface area contributed by atoms with Crippen molar-refractivity contribution in [3.05, 3.63) is 11.4 Å². The predicted molar refractivity (Wildman–Crippen MR) is 44.3 cm³/mol. The Morgan fingerprint density at radius 1 is 1.50 bits per heavy atom. The first kappa shape index (κ1) is 8.63. The molecule has 14 heavy (non-hydrogen) atoms. The second-order valence-corrected chi connectivity index (χ2v) is 2.66. The molecule has 0 fully saturated rings. The predicted octanol–water partition coefficient (Wildman–Crippen LogP) is -0.967. The van der Waals surface area contributed by atoms with Crippen LogP contribution < -0.4 is 5.73 Å². The third kappa shape index (κ3) is 1.12. The fourth-order valence-electron chi connectivity index (χ4n) is 1.05. The molecule has 0 aromatic carbocycles. The molecule has 74 valence electrons. The van der Waals surface area contributed by atoms with Crippen molar-refractivity contribution in [1.29, 1.82) is 0 Å². The molecule has 8 heteroatoms. The first-order valence-electron chi connectivity index (χ1n) is 3.84. The van der Waals surface area contributed by atoms with Gasteiger partial charge < -0.3 is 10.8 Å². The van der Waals surface area contributed by atoms with Crippen molar-refractivity contribution < 1.29 is 9.74 Å². The summed E-state index contributed by atoms with van der Waals surface area (Å²) in [4.78, 5) is 0. The smallest absolute Gasteiger partial charge is 0.243 e. The standard InChI is InChI=1S/C6H8N6O2/c1-3-4(2-13)8-11-12(3)6-5(7)9-14-10-6/h13H,2H2,1H3,(H2,7,9). The van der Waals surface area contributed by atoms with E-state index in [-0.39, 0.29) is 18.2 Å². The topological polar surface area (TPSA) is 116 Å². The summed E-state index contributed by atoms with van der Waals surface area (Å²) in [5.41, 5.74) is 6.59. The number of nitrogens with two attached hydrogens (primary N) is 1. The molecular formula is C6H8N6O2. The zero-order valence-electron chi connectivity index (χ0n) is 7.38. The van der Waals surface area contributed by atoms with Crippen molar-refractivity contribution in [3.63, 3.8) is 0 Å². The third-order valence-corrected chi connectivity index (χ3v) is 1.84. The Kier molecular flexibility index (Phi) is 1.89. The van der Waals surface area contributed by atoms with Gasteiger partial charge >= 0.3 is 0 Å². The molecular weight excluding hydrogens is 188 g/mol. The van der Waals surface area contributed by atoms with Gasteiger partial charge in [0.25, 0.3) is 0 Å². The number of hydrogen-bond donors (Lipinski definition) is 2. The molecule has 0 aliphatic heterocycles. The molecule has 0 unspecified atom stereocenters. The van der Waals surface area contributed by atoms with Gasteiger partial charge in [0.2, 0.25) is 11.6 Å². The second kappa shape index (κ2) is 3.07. The molecule has 2 aromatic heterocycles. The van der Waals surface area contributed by atoms with Crippen molar-refractivity contribution in [2.45, 2.75) is 13.5 Å². The summed E-state index contributed by atoms with van der Waals surface area (Å²) in [6.07, 6.45) is 0. The van der Waals surface area contributed by atoms with Crippen LogP contribution in [0, 0.1) is 6.92 Å². The highest BCUT2D eigenvalue weighted by atomic mass is 16.6. The number of nitrogen functional groups attached to an aromatic ring is 1. The highest BCUT2D eigenvalue weighted by Crippen LogP contribution is 2.13. The van der Waals surface area contributed by atoms with Crippen LogP contribution in [0.3, 0.4) is 0 Å². The molecule has 2 rings (SSSR count). The van der Waals surface area contributed by atoms with E-state index in [1.807, 2.05) is 0 Å². The largest absolute Gasteiger partial charge is 0.390 e. The molecule has 3 N–H and O–H groups in total. The van der Waals surface area contributed by atoms with Crippen LogP contribution in [0.15, 0.2) is 4.63 Å². The van der Waals surface area contributed by atoms with Crippen molar-refractivity contribution in [1.82, 2.24) is 25.3 Å². The van der Waals surface area contributed by atoms with Gasteiger partial charge in [0, 0.05) is 0 Å². The molecule has 2 heterocycles. The van der Waals surface area contributed by atoms with Gasteiger partial charge in [0.1, 0.15) is 5.69 Å². The first-order valence-corrected chi connectivity index (χ1v) is 3.84. The first-order chi connectivity index (χ1) is 6.74. The summed E-state index contributed by atoms with van der Waals surface area (Å²) in [5.74, 6) is 0.400. The highest BCUT2D eigenvalue weighted by Gasteiger charge is 2.15. The van der Waals surface area contributed by atoms with Crippen molar-refractivity contribution in [2.24, 2.45) is 0 Å². The fourth-order valence-corrected chi connectivity index (χ4v) is 1.05. The number of rotatable bonds is 2. The lowest BCUT2D eigenvalue weighted by Gasteiger charge is -1.96. The zero-order valence-corrected chi connectivity index (χ0v) is 7.38. The van der Waals surface area contributed by atoms with Gasteiger partial charge in [-0.15, -0.1) is 5.10 Å². The van der Waals surface area contributed by atoms with E-state index in [1.54, 1.807) is 6.92 Å². The fraction of sp³-hybridized carbons (Fsp3) is 0.333. The number of nitrogens with zero attached hydrogens (tertiary/aromatic N) is 5. The minimum absolute atomic E-state index is 0.127. The number of aliphatic hydroxyl groups excluding tert-OH is 1. The molecule has 0 aliphatic rings. The zero-order chi connectivity index (χ0) is 10.1. The van der Waals surface area contributed by atoms with E-state index >= 15 is 0 Å². The molecule has 2 aromatic rings. The summed E-state index contributed by atoms with van der Waals surface area (Å²) in [7, 11) is 0. The lowest BCUT2D eigenvalue weighted by Crippen LogP contribution is -2.03. The molecule has 8 nitrogen and oxygen atoms in total. The summed E-state index contributed by atoms with van der Waals surface area (Å²) in [6.45, 7) is 1.55. The van der Waals surface area contributed by atoms with Crippen molar-refractivity contribution in [3.8, 4) is 5.82 Å². The normalized spacial score (nSPS) is 10.7. The molecule has 0 saturated heterocycles. The second-order valence-electron chi connectivity index (χ2n) is 2.66. The van der Waals surface area contributed by atoms with Gasteiger partial charge in [0.15, 0.2) is 0 Å². The molecule has 0 aliphatic carbocycles. The molecule has 0 radical (unpaired) electrons. The molecule has 0 spiro atoms. The summed E-state index contributed by atoms with van der Waals surface area (Å²) >= 11 is 0. The lowest BCUT2D eigenvalue weighted by atomic mass is 10.3. The van der Waals surface area contributed by atoms with Gasteiger partial charge in [-0.3, -0.25) is 0 Å². The van der Waals surface area contributed by atoms with E-state index in [9.17, 15) is 0 Å². The Bertz CT molecular complexity index is 447. The Morgan fingerprint density at radius 3 is 2.79 bits per heavy atom. The van der Waals surface area contributed by atoms with Crippen LogP contribution in [-0.2, 0) is 6.61 Å². The number of hydrogen-bond acceptors (Lipinski definition) is 7. The van der Waals surface area contributed by atoms with Gasteiger partial charge in [-0.25, -0.2) is 4.63 Å². The van der Waals surface area contributed by atoms with Crippen LogP contribution >= 0.6 is 0 Å². The van der Waals surface area contributed by atoms with Crippen molar-refractivity contribution >= 4 is 5.82 Å². The van der Waals surface area contributed by atoms with E-state index in [4.69, 9.17) is 10.8 Å². The summed E-state index contributed by atoms with van der Waals surface area (Å²) < 4.78 is 5.78. The number of aliphatic hydroxyl groups is 1. The summed E-state index contributed by atoms with van der Waals surface area (Å²) in [5, 5.41) is 23.3. The summed E-state index contributed by atoms with van der Waals surface area (Å²) in [6, 6.07) is 0. The quantitative estimate of drug-likeness (QED) is 0.634. The molecule has 0 bridgehead atoms. The van der Waals surface area contributed by atoms with Gasteiger partial charge in [-0.05, 0) is 17.2 Å². The van der Waals surface area contributed by atoms with E-state index in [1.165, 1.54) is 4.68 Å². The average molecular weight is 196 g/mol. The maximum atomic E-state index is 8.89. The van der Waals surface area contributed by atoms with E-state index in [2.05, 4.69) is 25.3 Å². The van der Waals surface area contributed by atoms with Crippen LogP contribution in [-0.4, -0.2) is 30.4 Å². The average Bonchev–Trinajstić information content (AvgIpc) is 2.72. The number of aromatic nitrogens is 5. The Balaban J connectivity index is 2.52. The SMILES string of the molecule is Cc1c(CO)nnn1-c1nonc1N. The Morgan fingerprint density at radius 2 is 2.29 bits per heavy atom. The van der Waals surface area contributed by atoms with E-state index < -0.39 is 0 Å². The van der Waals surface area contributed by atoms with Gasteiger partial charge in [-0.1, -0.05) is 5.21 Å². The van der Waals surface area contributed by atoms with Crippen LogP contribution in [0.4, 0.5) is 5.82 Å². The van der Waals surface area contributed by atoms with Crippen LogP contribution in [0.1, 0.15) is 11.4 Å². The number of anilines is 1. The molecule has 0 amide bonds. The van der Waals surface area contributed by atoms with Crippen LogP contribution in [0.2, 0.25) is 0 Å². The van der Waals surface area contributed by atoms with E-state index in [0.717, 1.165) is 0 Å². The Labute approximate surface area is 78.3 Å². The minimum Gasteiger partial charge on any atom is -0.390 e. The Hall–Kier alpha value is -1.96. The maximum Gasteiger partial charge on any atom is 0.243 e. The van der Waals surface area contributed by atoms with Gasteiger partial charge in [0.05, 0.1) is 12.3 Å². The van der Waals surface area contributed by atoms with Crippen LogP contribution in [0.25, 0.3) is 5.82 Å². The van der Waals surface area contributed by atoms with Crippen molar-refractivity contribution in [2.75, 3.05) is 5.73 Å². The third-order valence-electron chi connectivity index (χ3n) is 1.84. The maximum absolute atomic E-state index is 8.89. The van der Waals surface area contributed by atoms with Gasteiger partial charge in [-0.2, -0.15) is 4.68 Å². The highest BCUT2D eigenvalue weighted by molar-refractivity contribution is 5.44. The lowest BCUT2D eigenvalue weighted by molar-refractivity contribution is 0.276. The monoisotopic (exact) mass is 196 g/mol. The molecule has 0 atom stereocenters. The van der Waals surface area contributed by atoms with E-state index in [0.29, 0.717) is 11.4 Å². The minimum atomic E-state index is -0.184. The molecule has 0 saturated carbocycles.